The van der Waals surface area contributed by atoms with Crippen molar-refractivity contribution >= 4 is 0 Å². The van der Waals surface area contributed by atoms with Gasteiger partial charge in [0.1, 0.15) is 12.4 Å². The van der Waals surface area contributed by atoms with Gasteiger partial charge in [-0.25, -0.2) is 10.3 Å². The fourth-order valence-corrected chi connectivity index (χ4v) is 1.21. The van der Waals surface area contributed by atoms with Gasteiger partial charge in [0, 0.05) is 0 Å². The van der Waals surface area contributed by atoms with Crippen molar-refractivity contribution in [3.05, 3.63) is 23.5 Å². The Morgan fingerprint density at radius 1 is 1.29 bits per heavy atom. The normalized spacial score (nSPS) is 10.0. The van der Waals surface area contributed by atoms with E-state index >= 15 is 0 Å². The summed E-state index contributed by atoms with van der Waals surface area (Å²) in [5, 5.41) is 0. The van der Waals surface area contributed by atoms with E-state index in [-0.39, 0.29) is 12.4 Å². The smallest absolute Gasteiger partial charge is 0.165 e. The molecule has 5 heteroatoms. The van der Waals surface area contributed by atoms with Gasteiger partial charge < -0.3 is 9.47 Å². The largest absolute Gasteiger partial charge is 0.496 e. The summed E-state index contributed by atoms with van der Waals surface area (Å²) >= 11 is 0. The van der Waals surface area contributed by atoms with E-state index in [4.69, 9.17) is 15.4 Å². The molecule has 0 aliphatic carbocycles. The van der Waals surface area contributed by atoms with Gasteiger partial charge in [0.15, 0.2) is 11.6 Å². The minimum Gasteiger partial charge on any atom is -0.496 e. The van der Waals surface area contributed by atoms with E-state index in [1.807, 2.05) is 0 Å². The van der Waals surface area contributed by atoms with Gasteiger partial charge in [-0.05, 0) is 12.1 Å². The first kappa shape index (κ1) is 10.7. The van der Waals surface area contributed by atoms with Crippen LogP contribution in [0.4, 0.5) is 4.39 Å². The standard InChI is InChI=1S/C9H12FNO3/c1-12-8-4-3-7(10)9(13-2)6(8)5-14-11/h3-4H,5,11H2,1-2H3. The molecule has 0 aliphatic heterocycles. The number of nitrogens with two attached hydrogens (primary N) is 1. The molecule has 0 heterocycles. The fraction of sp³-hybridized carbons (Fsp3) is 0.333. The average molecular weight is 201 g/mol. The predicted molar refractivity (Wildman–Crippen MR) is 48.5 cm³/mol. The maximum Gasteiger partial charge on any atom is 0.165 e. The third kappa shape index (κ3) is 1.94. The van der Waals surface area contributed by atoms with Crippen molar-refractivity contribution in [1.29, 1.82) is 0 Å². The average Bonchev–Trinajstić information content (AvgIpc) is 2.19. The Morgan fingerprint density at radius 3 is 2.50 bits per heavy atom. The van der Waals surface area contributed by atoms with Crippen LogP contribution < -0.4 is 15.4 Å². The highest BCUT2D eigenvalue weighted by Gasteiger charge is 2.14. The molecule has 0 saturated heterocycles. The van der Waals surface area contributed by atoms with E-state index in [2.05, 4.69) is 4.84 Å². The third-order valence-electron chi connectivity index (χ3n) is 1.82. The molecule has 78 valence electrons. The van der Waals surface area contributed by atoms with Crippen LogP contribution in [0, 0.1) is 5.82 Å². The van der Waals surface area contributed by atoms with Crippen LogP contribution in [0.5, 0.6) is 11.5 Å². The molecule has 1 rings (SSSR count). The highest BCUT2D eigenvalue weighted by atomic mass is 19.1. The summed E-state index contributed by atoms with van der Waals surface area (Å²) in [6.45, 7) is 0.0319. The lowest BCUT2D eigenvalue weighted by molar-refractivity contribution is 0.119. The van der Waals surface area contributed by atoms with E-state index in [0.29, 0.717) is 11.3 Å². The zero-order chi connectivity index (χ0) is 10.6. The number of hydrogen-bond donors (Lipinski definition) is 1. The summed E-state index contributed by atoms with van der Waals surface area (Å²) in [6.07, 6.45) is 0. The first-order chi connectivity index (χ1) is 6.74. The Bertz CT molecular complexity index is 317. The van der Waals surface area contributed by atoms with Crippen LogP contribution in [0.3, 0.4) is 0 Å². The molecular weight excluding hydrogens is 189 g/mol. The quantitative estimate of drug-likeness (QED) is 0.744. The minimum absolute atomic E-state index is 0.0319. The molecule has 0 radical (unpaired) electrons. The van der Waals surface area contributed by atoms with E-state index < -0.39 is 5.82 Å². The van der Waals surface area contributed by atoms with Crippen LogP contribution in [0.15, 0.2) is 12.1 Å². The number of halogens is 1. The van der Waals surface area contributed by atoms with Gasteiger partial charge in [0.2, 0.25) is 0 Å². The Morgan fingerprint density at radius 2 is 2.00 bits per heavy atom. The van der Waals surface area contributed by atoms with Crippen LogP contribution in [0.2, 0.25) is 0 Å². The van der Waals surface area contributed by atoms with Crippen LogP contribution >= 0.6 is 0 Å². The maximum atomic E-state index is 13.2. The first-order valence-electron chi connectivity index (χ1n) is 3.95. The van der Waals surface area contributed by atoms with Crippen molar-refractivity contribution in [2.75, 3.05) is 14.2 Å². The van der Waals surface area contributed by atoms with Gasteiger partial charge >= 0.3 is 0 Å². The molecule has 4 nitrogen and oxygen atoms in total. The lowest BCUT2D eigenvalue weighted by Gasteiger charge is -2.12. The molecular formula is C9H12FNO3. The van der Waals surface area contributed by atoms with Gasteiger partial charge in [-0.2, -0.15) is 0 Å². The molecule has 14 heavy (non-hydrogen) atoms. The summed E-state index contributed by atoms with van der Waals surface area (Å²) in [6, 6.07) is 2.75. The summed E-state index contributed by atoms with van der Waals surface area (Å²) in [5.74, 6) is 5.03. The van der Waals surface area contributed by atoms with Crippen molar-refractivity contribution in [3.8, 4) is 11.5 Å². The molecule has 0 amide bonds. The van der Waals surface area contributed by atoms with Crippen molar-refractivity contribution in [1.82, 2.24) is 0 Å². The molecule has 0 spiro atoms. The zero-order valence-corrected chi connectivity index (χ0v) is 8.04. The van der Waals surface area contributed by atoms with Crippen molar-refractivity contribution < 1.29 is 18.7 Å². The second-order valence-electron chi connectivity index (χ2n) is 2.57. The summed E-state index contributed by atoms with van der Waals surface area (Å²) < 4.78 is 23.1. The third-order valence-corrected chi connectivity index (χ3v) is 1.82. The fourth-order valence-electron chi connectivity index (χ4n) is 1.21. The molecule has 1 aromatic carbocycles. The van der Waals surface area contributed by atoms with Crippen LogP contribution in [-0.4, -0.2) is 14.2 Å². The highest BCUT2D eigenvalue weighted by molar-refractivity contribution is 5.45. The lowest BCUT2D eigenvalue weighted by Crippen LogP contribution is -2.04. The number of methoxy groups -OCH3 is 2. The molecule has 1 aromatic rings. The number of benzene rings is 1. The predicted octanol–water partition coefficient (Wildman–Crippen LogP) is 1.23. The van der Waals surface area contributed by atoms with Crippen LogP contribution in [0.25, 0.3) is 0 Å². The summed E-state index contributed by atoms with van der Waals surface area (Å²) in [5.41, 5.74) is 0.456. The monoisotopic (exact) mass is 201 g/mol. The summed E-state index contributed by atoms with van der Waals surface area (Å²) in [7, 11) is 2.85. The zero-order valence-electron chi connectivity index (χ0n) is 8.04. The molecule has 0 atom stereocenters. The van der Waals surface area contributed by atoms with E-state index in [0.717, 1.165) is 0 Å². The van der Waals surface area contributed by atoms with Gasteiger partial charge in [-0.15, -0.1) is 0 Å². The Kier molecular flexibility index (Phi) is 3.67. The van der Waals surface area contributed by atoms with E-state index in [1.54, 1.807) is 0 Å². The van der Waals surface area contributed by atoms with Gasteiger partial charge in [0.05, 0.1) is 19.8 Å². The van der Waals surface area contributed by atoms with Gasteiger partial charge in [-0.3, -0.25) is 4.84 Å². The highest BCUT2D eigenvalue weighted by Crippen LogP contribution is 2.31. The number of ether oxygens (including phenoxy) is 2. The van der Waals surface area contributed by atoms with Crippen LogP contribution in [-0.2, 0) is 11.4 Å². The second kappa shape index (κ2) is 4.78. The summed E-state index contributed by atoms with van der Waals surface area (Å²) in [4.78, 5) is 4.44. The van der Waals surface area contributed by atoms with Gasteiger partial charge in [-0.1, -0.05) is 0 Å². The molecule has 2 N–H and O–H groups in total. The molecule has 0 aliphatic rings. The number of rotatable bonds is 4. The van der Waals surface area contributed by atoms with Crippen molar-refractivity contribution in [3.63, 3.8) is 0 Å². The van der Waals surface area contributed by atoms with Crippen LogP contribution in [0.1, 0.15) is 5.56 Å². The Balaban J connectivity index is 3.21. The van der Waals surface area contributed by atoms with E-state index in [1.165, 1.54) is 26.4 Å². The Hall–Kier alpha value is -1.33. The SMILES string of the molecule is COc1ccc(F)c(OC)c1CON. The lowest BCUT2D eigenvalue weighted by atomic mass is 10.2. The van der Waals surface area contributed by atoms with Crippen molar-refractivity contribution in [2.45, 2.75) is 6.61 Å². The molecule has 0 bridgehead atoms. The first-order valence-corrected chi connectivity index (χ1v) is 3.95. The molecule has 0 unspecified atom stereocenters. The van der Waals surface area contributed by atoms with Gasteiger partial charge in [0.25, 0.3) is 0 Å². The number of hydrogen-bond acceptors (Lipinski definition) is 4. The Labute approximate surface area is 81.3 Å². The topological polar surface area (TPSA) is 53.7 Å². The molecule has 0 fully saturated rings. The second-order valence-corrected chi connectivity index (χ2v) is 2.57. The minimum atomic E-state index is -0.472. The molecule has 0 aromatic heterocycles. The van der Waals surface area contributed by atoms with E-state index in [9.17, 15) is 4.39 Å². The van der Waals surface area contributed by atoms with Crippen molar-refractivity contribution in [2.24, 2.45) is 5.90 Å². The maximum absolute atomic E-state index is 13.2. The molecule has 0 saturated carbocycles.